The number of hydrogen-bond acceptors (Lipinski definition) is 4. The number of carbonyl (C=O) groups is 1. The van der Waals surface area contributed by atoms with Gasteiger partial charge in [0.05, 0.1) is 24.9 Å². The smallest absolute Gasteiger partial charge is 0.265 e. The van der Waals surface area contributed by atoms with Crippen LogP contribution in [0.2, 0.25) is 5.02 Å². The second-order valence-electron chi connectivity index (χ2n) is 6.14. The van der Waals surface area contributed by atoms with Gasteiger partial charge < -0.3 is 19.5 Å². The third kappa shape index (κ3) is 4.41. The van der Waals surface area contributed by atoms with E-state index in [-0.39, 0.29) is 5.91 Å². The highest BCUT2D eigenvalue weighted by Crippen LogP contribution is 2.36. The topological polar surface area (TPSA) is 56.8 Å². The summed E-state index contributed by atoms with van der Waals surface area (Å²) >= 11 is 6.09. The van der Waals surface area contributed by atoms with Crippen LogP contribution in [-0.4, -0.2) is 26.2 Å². The van der Waals surface area contributed by atoms with Crippen molar-refractivity contribution in [3.63, 3.8) is 0 Å². The SMILES string of the molecule is COc1cc(NC(=O)[C@H](C)Oc2cc(C)cc(C)c2C)c(OC)cc1Cl. The molecule has 2 aromatic rings. The minimum atomic E-state index is -0.693. The average Bonchev–Trinajstić information content (AvgIpc) is 2.60. The van der Waals surface area contributed by atoms with Gasteiger partial charge in [-0.25, -0.2) is 0 Å². The molecule has 1 amide bonds. The molecule has 5 nitrogen and oxygen atoms in total. The molecule has 6 heteroatoms. The van der Waals surface area contributed by atoms with Crippen LogP contribution < -0.4 is 19.5 Å². The minimum Gasteiger partial charge on any atom is -0.495 e. The molecule has 0 bridgehead atoms. The molecular formula is C20H24ClNO4. The first-order valence-corrected chi connectivity index (χ1v) is 8.61. The van der Waals surface area contributed by atoms with Gasteiger partial charge in [0, 0.05) is 12.1 Å². The third-order valence-corrected chi connectivity index (χ3v) is 4.46. The Balaban J connectivity index is 2.20. The highest BCUT2D eigenvalue weighted by atomic mass is 35.5. The Hall–Kier alpha value is -2.40. The van der Waals surface area contributed by atoms with Crippen molar-refractivity contribution < 1.29 is 19.0 Å². The number of amides is 1. The summed E-state index contributed by atoms with van der Waals surface area (Å²) < 4.78 is 16.4. The molecule has 2 aromatic carbocycles. The number of rotatable bonds is 6. The van der Waals surface area contributed by atoms with Gasteiger partial charge in [-0.3, -0.25) is 4.79 Å². The Morgan fingerprint density at radius 3 is 2.27 bits per heavy atom. The van der Waals surface area contributed by atoms with E-state index in [0.717, 1.165) is 16.7 Å². The molecule has 140 valence electrons. The van der Waals surface area contributed by atoms with E-state index in [2.05, 4.69) is 11.4 Å². The van der Waals surface area contributed by atoms with Crippen molar-refractivity contribution in [1.82, 2.24) is 0 Å². The molecule has 1 atom stereocenters. The maximum absolute atomic E-state index is 12.6. The lowest BCUT2D eigenvalue weighted by Crippen LogP contribution is -2.30. The van der Waals surface area contributed by atoms with E-state index < -0.39 is 6.10 Å². The van der Waals surface area contributed by atoms with Crippen molar-refractivity contribution in [2.75, 3.05) is 19.5 Å². The fraction of sp³-hybridized carbons (Fsp3) is 0.350. The van der Waals surface area contributed by atoms with Crippen molar-refractivity contribution in [2.24, 2.45) is 0 Å². The lowest BCUT2D eigenvalue weighted by Gasteiger charge is -2.19. The number of hydrogen-bond donors (Lipinski definition) is 1. The van der Waals surface area contributed by atoms with E-state index in [1.165, 1.54) is 14.2 Å². The van der Waals surface area contributed by atoms with Crippen LogP contribution in [0.1, 0.15) is 23.6 Å². The maximum Gasteiger partial charge on any atom is 0.265 e. The van der Waals surface area contributed by atoms with Gasteiger partial charge in [0.2, 0.25) is 0 Å². The summed E-state index contributed by atoms with van der Waals surface area (Å²) in [5, 5.41) is 3.20. The number of aryl methyl sites for hydroxylation is 2. The molecule has 0 aliphatic heterocycles. The Morgan fingerprint density at radius 2 is 1.65 bits per heavy atom. The molecule has 0 spiro atoms. The normalized spacial score (nSPS) is 11.7. The molecule has 0 fully saturated rings. The van der Waals surface area contributed by atoms with Crippen LogP contribution in [0.25, 0.3) is 0 Å². The largest absolute Gasteiger partial charge is 0.495 e. The molecule has 2 rings (SSSR count). The molecule has 0 saturated heterocycles. The first-order chi connectivity index (χ1) is 12.3. The van der Waals surface area contributed by atoms with Crippen LogP contribution in [0.15, 0.2) is 24.3 Å². The average molecular weight is 378 g/mol. The number of nitrogens with one attached hydrogen (secondary N) is 1. The highest BCUT2D eigenvalue weighted by molar-refractivity contribution is 6.32. The highest BCUT2D eigenvalue weighted by Gasteiger charge is 2.19. The van der Waals surface area contributed by atoms with Crippen molar-refractivity contribution in [1.29, 1.82) is 0 Å². The molecule has 0 aliphatic carbocycles. The Labute approximate surface area is 159 Å². The summed E-state index contributed by atoms with van der Waals surface area (Å²) in [6.07, 6.45) is -0.693. The zero-order valence-electron chi connectivity index (χ0n) is 15.9. The predicted octanol–water partition coefficient (Wildman–Crippen LogP) is 4.69. The van der Waals surface area contributed by atoms with Gasteiger partial charge in [0.25, 0.3) is 5.91 Å². The summed E-state index contributed by atoms with van der Waals surface area (Å²) in [4.78, 5) is 12.6. The molecule has 0 saturated carbocycles. The summed E-state index contributed by atoms with van der Waals surface area (Å²) in [6, 6.07) is 7.22. The predicted molar refractivity (Wildman–Crippen MR) is 104 cm³/mol. The van der Waals surface area contributed by atoms with Gasteiger partial charge in [-0.05, 0) is 50.5 Å². The second-order valence-corrected chi connectivity index (χ2v) is 6.55. The lowest BCUT2D eigenvalue weighted by molar-refractivity contribution is -0.122. The minimum absolute atomic E-state index is 0.300. The molecule has 0 unspecified atom stereocenters. The Kier molecular flexibility index (Phi) is 6.37. The van der Waals surface area contributed by atoms with E-state index >= 15 is 0 Å². The third-order valence-electron chi connectivity index (χ3n) is 4.17. The fourth-order valence-electron chi connectivity index (χ4n) is 2.56. The van der Waals surface area contributed by atoms with Crippen molar-refractivity contribution in [3.8, 4) is 17.2 Å². The van der Waals surface area contributed by atoms with Gasteiger partial charge >= 0.3 is 0 Å². The van der Waals surface area contributed by atoms with Crippen molar-refractivity contribution in [3.05, 3.63) is 46.0 Å². The summed E-state index contributed by atoms with van der Waals surface area (Å²) in [5.74, 6) is 1.29. The molecule has 0 aliphatic rings. The van der Waals surface area contributed by atoms with E-state index in [4.69, 9.17) is 25.8 Å². The second kappa shape index (κ2) is 8.32. The summed E-state index contributed by atoms with van der Waals surface area (Å²) in [5.41, 5.74) is 3.68. The van der Waals surface area contributed by atoms with Crippen LogP contribution >= 0.6 is 11.6 Å². The Bertz CT molecular complexity index is 820. The number of carbonyl (C=O) groups excluding carboxylic acids is 1. The first kappa shape index (κ1) is 19.9. The van der Waals surface area contributed by atoms with Crippen LogP contribution in [0.4, 0.5) is 5.69 Å². The van der Waals surface area contributed by atoms with Crippen molar-refractivity contribution in [2.45, 2.75) is 33.8 Å². The molecule has 1 N–H and O–H groups in total. The molecule has 0 radical (unpaired) electrons. The van der Waals surface area contributed by atoms with Gasteiger partial charge in [-0.15, -0.1) is 0 Å². The van der Waals surface area contributed by atoms with E-state index in [0.29, 0.717) is 28.0 Å². The van der Waals surface area contributed by atoms with Crippen molar-refractivity contribution >= 4 is 23.2 Å². The van der Waals surface area contributed by atoms with Gasteiger partial charge in [0.15, 0.2) is 6.10 Å². The number of halogens is 1. The zero-order valence-corrected chi connectivity index (χ0v) is 16.7. The standard InChI is InChI=1S/C20H24ClNO4/c1-11-7-12(2)13(3)17(8-11)26-14(4)20(23)22-16-10-18(24-5)15(21)9-19(16)25-6/h7-10,14H,1-6H3,(H,22,23)/t14-/m0/s1. The lowest BCUT2D eigenvalue weighted by atomic mass is 10.1. The van der Waals surface area contributed by atoms with Crippen LogP contribution in [0.5, 0.6) is 17.2 Å². The van der Waals surface area contributed by atoms with Crippen LogP contribution in [0, 0.1) is 20.8 Å². The Morgan fingerprint density at radius 1 is 1.00 bits per heavy atom. The van der Waals surface area contributed by atoms with Crippen LogP contribution in [0.3, 0.4) is 0 Å². The van der Waals surface area contributed by atoms with E-state index in [1.807, 2.05) is 26.8 Å². The maximum atomic E-state index is 12.6. The van der Waals surface area contributed by atoms with E-state index in [9.17, 15) is 4.79 Å². The number of methoxy groups -OCH3 is 2. The van der Waals surface area contributed by atoms with Gasteiger partial charge in [0.1, 0.15) is 17.2 Å². The first-order valence-electron chi connectivity index (χ1n) is 8.23. The molecular weight excluding hydrogens is 354 g/mol. The molecule has 0 heterocycles. The number of benzene rings is 2. The number of ether oxygens (including phenoxy) is 3. The summed E-state index contributed by atoms with van der Waals surface area (Å²) in [6.45, 7) is 7.69. The van der Waals surface area contributed by atoms with E-state index in [1.54, 1.807) is 19.1 Å². The molecule has 0 aromatic heterocycles. The quantitative estimate of drug-likeness (QED) is 0.793. The zero-order chi connectivity index (χ0) is 19.4. The van der Waals surface area contributed by atoms with Gasteiger partial charge in [-0.2, -0.15) is 0 Å². The fourth-order valence-corrected chi connectivity index (χ4v) is 2.79. The van der Waals surface area contributed by atoms with Crippen LogP contribution in [-0.2, 0) is 4.79 Å². The summed E-state index contributed by atoms with van der Waals surface area (Å²) in [7, 11) is 3.01. The number of anilines is 1. The monoisotopic (exact) mass is 377 g/mol. The van der Waals surface area contributed by atoms with Gasteiger partial charge in [-0.1, -0.05) is 17.7 Å². The molecule has 26 heavy (non-hydrogen) atoms.